The predicted octanol–water partition coefficient (Wildman–Crippen LogP) is 3.78. The van der Waals surface area contributed by atoms with E-state index in [4.69, 9.17) is 23.7 Å². The number of carbonyl (C=O) groups excluding carboxylic acids is 1. The number of fused-ring (bicyclic) bond motifs is 4. The van der Waals surface area contributed by atoms with Gasteiger partial charge in [-0.15, -0.1) is 0 Å². The molecule has 11 heteroatoms. The number of nitrogens with one attached hydrogen (secondary N) is 1. The largest absolute Gasteiger partial charge is 0.390 e. The van der Waals surface area contributed by atoms with Gasteiger partial charge in [0.15, 0.2) is 6.29 Å². The summed E-state index contributed by atoms with van der Waals surface area (Å²) in [5, 5.41) is 46.7. The number of aliphatic hydroxyl groups is 4. The van der Waals surface area contributed by atoms with Crippen LogP contribution in [0.3, 0.4) is 0 Å². The fourth-order valence-corrected chi connectivity index (χ4v) is 11.4. The third-order valence-corrected chi connectivity index (χ3v) is 14.1. The Morgan fingerprint density at radius 3 is 2.30 bits per heavy atom. The van der Waals surface area contributed by atoms with Crippen molar-refractivity contribution in [2.75, 3.05) is 13.7 Å². The van der Waals surface area contributed by atoms with E-state index in [0.29, 0.717) is 18.3 Å². The average Bonchev–Trinajstić information content (AvgIpc) is 3.37. The minimum absolute atomic E-state index is 0.00862. The summed E-state index contributed by atoms with van der Waals surface area (Å²) in [6.07, 6.45) is 5.08. The van der Waals surface area contributed by atoms with Gasteiger partial charge in [-0.05, 0) is 108 Å². The molecule has 5 N–H and O–H groups in total. The summed E-state index contributed by atoms with van der Waals surface area (Å²) in [5.41, 5.74) is -0.532. The molecule has 3 heterocycles. The van der Waals surface area contributed by atoms with Crippen LogP contribution in [-0.4, -0.2) is 112 Å². The highest BCUT2D eigenvalue weighted by Gasteiger charge is 2.65. The maximum Gasteiger partial charge on any atom is 0.217 e. The Hall–Kier alpha value is -1.15. The van der Waals surface area contributed by atoms with Crippen molar-refractivity contribution < 1.29 is 48.9 Å². The van der Waals surface area contributed by atoms with Crippen LogP contribution in [0, 0.1) is 28.1 Å². The molecule has 6 rings (SSSR count). The van der Waals surface area contributed by atoms with Crippen molar-refractivity contribution in [2.24, 2.45) is 28.1 Å². The minimum atomic E-state index is -1.29. The average molecular weight is 708 g/mol. The number of carbonyl (C=O) groups is 1. The summed E-state index contributed by atoms with van der Waals surface area (Å²) in [6.45, 7) is 16.0. The molecule has 6 aliphatic rings. The van der Waals surface area contributed by atoms with Gasteiger partial charge in [-0.3, -0.25) is 4.79 Å². The molecule has 3 aliphatic carbocycles. The van der Waals surface area contributed by atoms with Crippen molar-refractivity contribution in [1.82, 2.24) is 5.32 Å². The Morgan fingerprint density at radius 1 is 0.940 bits per heavy atom. The van der Waals surface area contributed by atoms with E-state index in [-0.39, 0.29) is 53.2 Å². The maximum absolute atomic E-state index is 12.0. The Bertz CT molecular complexity index is 1280. The Morgan fingerprint density at radius 2 is 1.64 bits per heavy atom. The Kier molecular flexibility index (Phi) is 10.5. The number of amides is 1. The molecular formula is C39H65NO10. The number of allylic oxidation sites excluding steroid dienone is 1. The summed E-state index contributed by atoms with van der Waals surface area (Å²) < 4.78 is 31.3. The minimum Gasteiger partial charge on any atom is -0.390 e. The number of ether oxygens (including phenoxy) is 5. The summed E-state index contributed by atoms with van der Waals surface area (Å²) >= 11 is 0. The fourth-order valence-electron chi connectivity index (χ4n) is 11.4. The number of methoxy groups -OCH3 is 1. The van der Waals surface area contributed by atoms with E-state index < -0.39 is 47.9 Å². The van der Waals surface area contributed by atoms with Gasteiger partial charge in [-0.25, -0.2) is 0 Å². The quantitative estimate of drug-likeness (QED) is 0.236. The molecule has 0 unspecified atom stereocenters. The summed E-state index contributed by atoms with van der Waals surface area (Å²) in [5.74, 6) is 0.485. The van der Waals surface area contributed by atoms with Gasteiger partial charge in [-0.1, -0.05) is 32.4 Å². The highest BCUT2D eigenvalue weighted by atomic mass is 16.7. The summed E-state index contributed by atoms with van der Waals surface area (Å²) in [4.78, 5) is 12.0. The topological polar surface area (TPSA) is 156 Å². The van der Waals surface area contributed by atoms with Crippen molar-refractivity contribution in [3.05, 3.63) is 11.6 Å². The third kappa shape index (κ3) is 6.74. The zero-order valence-electron chi connectivity index (χ0n) is 31.8. The van der Waals surface area contributed by atoms with Crippen LogP contribution >= 0.6 is 0 Å². The lowest BCUT2D eigenvalue weighted by atomic mass is 9.50. The Balaban J connectivity index is 1.15. The molecule has 50 heavy (non-hydrogen) atoms. The zero-order chi connectivity index (χ0) is 36.6. The van der Waals surface area contributed by atoms with E-state index in [1.165, 1.54) is 19.6 Å². The lowest BCUT2D eigenvalue weighted by Gasteiger charge is -2.60. The number of hydrogen-bond acceptors (Lipinski definition) is 10. The smallest absolute Gasteiger partial charge is 0.217 e. The van der Waals surface area contributed by atoms with Crippen LogP contribution in [-0.2, 0) is 28.5 Å². The van der Waals surface area contributed by atoms with Crippen LogP contribution in [0.1, 0.15) is 113 Å². The molecule has 0 aromatic heterocycles. The molecule has 5 fully saturated rings. The second-order valence-electron chi connectivity index (χ2n) is 18.5. The molecule has 0 aromatic rings. The highest BCUT2D eigenvalue weighted by Crippen LogP contribution is 2.67. The van der Waals surface area contributed by atoms with E-state index in [0.717, 1.165) is 51.4 Å². The summed E-state index contributed by atoms with van der Waals surface area (Å²) in [7, 11) is 1.50. The molecule has 11 nitrogen and oxygen atoms in total. The van der Waals surface area contributed by atoms with Crippen molar-refractivity contribution >= 4 is 5.91 Å². The first-order valence-corrected chi connectivity index (χ1v) is 19.1. The van der Waals surface area contributed by atoms with E-state index in [1.54, 1.807) is 0 Å². The van der Waals surface area contributed by atoms with Crippen molar-refractivity contribution in [3.63, 3.8) is 0 Å². The lowest BCUT2D eigenvalue weighted by molar-refractivity contribution is -0.316. The second kappa shape index (κ2) is 13.6. The molecule has 0 spiro atoms. The van der Waals surface area contributed by atoms with Crippen LogP contribution in [0.2, 0.25) is 0 Å². The second-order valence-corrected chi connectivity index (χ2v) is 18.5. The molecular weight excluding hydrogens is 642 g/mol. The number of hydrogen-bond donors (Lipinski definition) is 5. The fraction of sp³-hybridized carbons (Fsp3) is 0.923. The van der Waals surface area contributed by atoms with Crippen molar-refractivity contribution in [3.8, 4) is 0 Å². The molecule has 2 saturated carbocycles. The molecule has 0 radical (unpaired) electrons. The van der Waals surface area contributed by atoms with Gasteiger partial charge in [0.05, 0.1) is 48.3 Å². The van der Waals surface area contributed by atoms with Crippen molar-refractivity contribution in [1.29, 1.82) is 0 Å². The van der Waals surface area contributed by atoms with Gasteiger partial charge in [0, 0.05) is 19.4 Å². The molecule has 15 atom stereocenters. The normalized spacial score (nSPS) is 48.2. The third-order valence-electron chi connectivity index (χ3n) is 14.1. The molecule has 3 aliphatic heterocycles. The SMILES string of the molecule is COC[C@@H]1O[C@H](OC(C)(C)[C@@H]2CC[C@]3(C)C=C([C@@H]4CC[C@@H]5[C@]4(C)C[C@H](O)[C@H]4O[C@@H](C(C)(C)O)CC[C@]54C)CC[C@@H]3O2)[C@@H](NC(C)=O)[C@H](O)[C@@H]1O. The number of rotatable bonds is 8. The van der Waals surface area contributed by atoms with E-state index in [2.05, 4.69) is 32.2 Å². The van der Waals surface area contributed by atoms with Crippen LogP contribution in [0.4, 0.5) is 0 Å². The van der Waals surface area contributed by atoms with Gasteiger partial charge in [0.2, 0.25) is 5.91 Å². The van der Waals surface area contributed by atoms with Gasteiger partial charge < -0.3 is 49.4 Å². The molecule has 286 valence electrons. The zero-order valence-corrected chi connectivity index (χ0v) is 31.8. The first kappa shape index (κ1) is 38.6. The molecule has 1 amide bonds. The molecule has 3 saturated heterocycles. The van der Waals surface area contributed by atoms with Crippen LogP contribution in [0.5, 0.6) is 0 Å². The molecule has 0 bridgehead atoms. The van der Waals surface area contributed by atoms with Crippen molar-refractivity contribution in [2.45, 2.75) is 186 Å². The van der Waals surface area contributed by atoms with Crippen LogP contribution in [0.15, 0.2) is 11.6 Å². The monoisotopic (exact) mass is 707 g/mol. The van der Waals surface area contributed by atoms with Crippen LogP contribution < -0.4 is 5.32 Å². The first-order valence-electron chi connectivity index (χ1n) is 19.1. The van der Waals surface area contributed by atoms with Gasteiger partial charge in [0.25, 0.3) is 0 Å². The lowest BCUT2D eigenvalue weighted by Crippen LogP contribution is -2.66. The molecule has 0 aromatic carbocycles. The van der Waals surface area contributed by atoms with Gasteiger partial charge in [0.1, 0.15) is 24.4 Å². The standard InChI is InChI=1S/C39H65NO10/c1-21(41)40-30-32(44)31(43)25(20-46-9)47-34(30)50-36(4,5)28-14-16-37(6)18-22(10-13-29(37)48-28)23-11-12-26-38(7)17-15-27(35(2,3)45)49-33(38)24(42)19-39(23,26)8/h18,23-34,42-45H,10-17,19-20H2,1-9H3,(H,40,41)/t23-,24-,25-,26-,27+,28-,29-,30-,31+,32-,33+,34+,37+,38+,39+/m0/s1. The predicted molar refractivity (Wildman–Crippen MR) is 186 cm³/mol. The van der Waals surface area contributed by atoms with E-state index in [9.17, 15) is 25.2 Å². The number of aliphatic hydroxyl groups excluding tert-OH is 3. The van der Waals surface area contributed by atoms with Gasteiger partial charge in [-0.2, -0.15) is 0 Å². The van der Waals surface area contributed by atoms with Gasteiger partial charge >= 0.3 is 0 Å². The maximum atomic E-state index is 12.0. The van der Waals surface area contributed by atoms with E-state index in [1.807, 2.05) is 27.7 Å². The summed E-state index contributed by atoms with van der Waals surface area (Å²) in [6, 6.07) is -0.959. The van der Waals surface area contributed by atoms with E-state index >= 15 is 0 Å². The van der Waals surface area contributed by atoms with Crippen LogP contribution in [0.25, 0.3) is 0 Å². The highest BCUT2D eigenvalue weighted by molar-refractivity contribution is 5.73. The Labute approximate surface area is 298 Å². The first-order chi connectivity index (χ1) is 23.2.